The lowest BCUT2D eigenvalue weighted by Gasteiger charge is -2.18. The summed E-state index contributed by atoms with van der Waals surface area (Å²) in [5.74, 6) is -6.08. The summed E-state index contributed by atoms with van der Waals surface area (Å²) in [5, 5.41) is 12.7. The van der Waals surface area contributed by atoms with Gasteiger partial charge < -0.3 is 5.11 Å². The monoisotopic (exact) mass is 299 g/mol. The maximum absolute atomic E-state index is 13.3. The fourth-order valence-corrected chi connectivity index (χ4v) is 1.73. The average molecular weight is 299 g/mol. The molecule has 1 N–H and O–H groups in total. The van der Waals surface area contributed by atoms with Crippen molar-refractivity contribution in [2.45, 2.75) is 26.2 Å². The smallest absolute Gasteiger partial charge is 0.375 e. The van der Waals surface area contributed by atoms with Crippen LogP contribution in [0, 0.1) is 17.5 Å². The van der Waals surface area contributed by atoms with Crippen molar-refractivity contribution in [1.82, 2.24) is 14.8 Å². The van der Waals surface area contributed by atoms with Crippen molar-refractivity contribution in [2.24, 2.45) is 0 Å². The highest BCUT2D eigenvalue weighted by Crippen LogP contribution is 2.25. The highest BCUT2D eigenvalue weighted by Gasteiger charge is 2.27. The Balaban J connectivity index is 2.71. The molecule has 0 saturated carbocycles. The molecule has 0 unspecified atom stereocenters. The van der Waals surface area contributed by atoms with Gasteiger partial charge in [0.15, 0.2) is 17.5 Å². The van der Waals surface area contributed by atoms with Gasteiger partial charge in [0.2, 0.25) is 0 Å². The molecule has 0 aliphatic carbocycles. The molecule has 1 aromatic carbocycles. The number of benzene rings is 1. The van der Waals surface area contributed by atoms with Gasteiger partial charge in [0.25, 0.3) is 5.82 Å². The summed E-state index contributed by atoms with van der Waals surface area (Å²) in [6.45, 7) is 5.19. The Hall–Kier alpha value is -2.38. The highest BCUT2D eigenvalue weighted by molar-refractivity contribution is 5.83. The maximum Gasteiger partial charge on any atom is 0.375 e. The molecule has 0 spiro atoms. The van der Waals surface area contributed by atoms with E-state index in [-0.39, 0.29) is 11.5 Å². The van der Waals surface area contributed by atoms with E-state index in [0.29, 0.717) is 0 Å². The Morgan fingerprint density at radius 3 is 2.14 bits per heavy atom. The van der Waals surface area contributed by atoms with Crippen molar-refractivity contribution in [1.29, 1.82) is 0 Å². The van der Waals surface area contributed by atoms with E-state index < -0.39 is 34.7 Å². The topological polar surface area (TPSA) is 68.0 Å². The van der Waals surface area contributed by atoms with Gasteiger partial charge in [0.1, 0.15) is 5.82 Å². The predicted octanol–water partition coefficient (Wildman–Crippen LogP) is 2.68. The number of halogens is 3. The van der Waals surface area contributed by atoms with Crippen molar-refractivity contribution >= 4 is 5.97 Å². The predicted molar refractivity (Wildman–Crippen MR) is 66.9 cm³/mol. The molecule has 8 heteroatoms. The van der Waals surface area contributed by atoms with Gasteiger partial charge >= 0.3 is 5.97 Å². The van der Waals surface area contributed by atoms with Crippen molar-refractivity contribution < 1.29 is 23.1 Å². The van der Waals surface area contributed by atoms with Gasteiger partial charge in [0, 0.05) is 17.5 Å². The minimum absolute atomic E-state index is 0.142. The van der Waals surface area contributed by atoms with E-state index in [1.54, 1.807) is 20.8 Å². The van der Waals surface area contributed by atoms with Crippen LogP contribution < -0.4 is 0 Å². The van der Waals surface area contributed by atoms with Crippen LogP contribution in [0.25, 0.3) is 5.69 Å². The molecule has 21 heavy (non-hydrogen) atoms. The Morgan fingerprint density at radius 1 is 1.19 bits per heavy atom. The van der Waals surface area contributed by atoms with E-state index in [0.717, 1.165) is 16.8 Å². The van der Waals surface area contributed by atoms with E-state index in [2.05, 4.69) is 10.1 Å². The quantitative estimate of drug-likeness (QED) is 0.866. The maximum atomic E-state index is 13.3. The normalized spacial score (nSPS) is 11.7. The molecule has 0 saturated heterocycles. The summed E-state index contributed by atoms with van der Waals surface area (Å²) < 4.78 is 40.7. The molecular formula is C13H12F3N3O2. The van der Waals surface area contributed by atoms with Crippen molar-refractivity contribution in [2.75, 3.05) is 0 Å². The van der Waals surface area contributed by atoms with Gasteiger partial charge in [0.05, 0.1) is 5.69 Å². The van der Waals surface area contributed by atoms with E-state index in [9.17, 15) is 18.0 Å². The van der Waals surface area contributed by atoms with E-state index in [4.69, 9.17) is 5.11 Å². The number of nitrogens with zero attached hydrogens (tertiary/aromatic N) is 3. The molecule has 0 fully saturated rings. The number of carboxylic acid groups (broad SMARTS) is 1. The first-order chi connectivity index (χ1) is 9.61. The molecule has 2 rings (SSSR count). The fourth-order valence-electron chi connectivity index (χ4n) is 1.73. The largest absolute Gasteiger partial charge is 0.475 e. The fraction of sp³-hybridized carbons (Fsp3) is 0.308. The molecule has 0 bridgehead atoms. The van der Waals surface area contributed by atoms with Crippen LogP contribution in [0.1, 0.15) is 37.2 Å². The third kappa shape index (κ3) is 2.74. The standard InChI is InChI=1S/C13H12F3N3O2/c1-13(2,3)12-17-10(11(20)21)18-19(12)6-4-7(14)9(16)8(15)5-6/h4-5H,1-3H3,(H,20,21). The molecule has 2 aromatic rings. The molecule has 0 atom stereocenters. The summed E-state index contributed by atoms with van der Waals surface area (Å²) >= 11 is 0. The minimum Gasteiger partial charge on any atom is -0.475 e. The Bertz CT molecular complexity index is 697. The Labute approximate surface area is 118 Å². The van der Waals surface area contributed by atoms with Crippen LogP contribution in [0.2, 0.25) is 0 Å². The van der Waals surface area contributed by atoms with E-state index >= 15 is 0 Å². The molecule has 5 nitrogen and oxygen atoms in total. The molecule has 112 valence electrons. The first-order valence-corrected chi connectivity index (χ1v) is 5.97. The first kappa shape index (κ1) is 15.0. The zero-order valence-corrected chi connectivity index (χ0v) is 11.5. The van der Waals surface area contributed by atoms with Crippen LogP contribution in [-0.2, 0) is 5.41 Å². The van der Waals surface area contributed by atoms with Gasteiger partial charge in [-0.3, -0.25) is 0 Å². The molecule has 1 heterocycles. The minimum atomic E-state index is -1.60. The van der Waals surface area contributed by atoms with Gasteiger partial charge in [-0.1, -0.05) is 20.8 Å². The number of rotatable bonds is 2. The molecule has 0 amide bonds. The number of hydrogen-bond donors (Lipinski definition) is 1. The Morgan fingerprint density at radius 2 is 1.71 bits per heavy atom. The summed E-state index contributed by atoms with van der Waals surface area (Å²) in [7, 11) is 0. The van der Waals surface area contributed by atoms with Gasteiger partial charge in [-0.15, -0.1) is 5.10 Å². The lowest BCUT2D eigenvalue weighted by Crippen LogP contribution is -2.19. The third-order valence-electron chi connectivity index (χ3n) is 2.68. The summed E-state index contributed by atoms with van der Waals surface area (Å²) in [5.41, 5.74) is -0.779. The van der Waals surface area contributed by atoms with Gasteiger partial charge in [-0.05, 0) is 0 Å². The second kappa shape index (κ2) is 4.87. The number of aromatic carboxylic acids is 1. The van der Waals surface area contributed by atoms with Crippen LogP contribution in [0.4, 0.5) is 13.2 Å². The lowest BCUT2D eigenvalue weighted by molar-refractivity contribution is 0.0683. The third-order valence-corrected chi connectivity index (χ3v) is 2.68. The number of carbonyl (C=O) groups is 1. The van der Waals surface area contributed by atoms with E-state index in [1.807, 2.05) is 0 Å². The van der Waals surface area contributed by atoms with Crippen LogP contribution in [-0.4, -0.2) is 25.8 Å². The SMILES string of the molecule is CC(C)(C)c1nc(C(=O)O)nn1-c1cc(F)c(F)c(F)c1. The zero-order valence-electron chi connectivity index (χ0n) is 11.5. The molecule has 1 aromatic heterocycles. The van der Waals surface area contributed by atoms with Crippen LogP contribution in [0.15, 0.2) is 12.1 Å². The molecule has 0 radical (unpaired) electrons. The average Bonchev–Trinajstić information content (AvgIpc) is 2.80. The second-order valence-corrected chi connectivity index (χ2v) is 5.45. The molecular weight excluding hydrogens is 287 g/mol. The summed E-state index contributed by atoms with van der Waals surface area (Å²) in [4.78, 5) is 14.8. The van der Waals surface area contributed by atoms with Crippen LogP contribution in [0.3, 0.4) is 0 Å². The second-order valence-electron chi connectivity index (χ2n) is 5.45. The van der Waals surface area contributed by atoms with Crippen LogP contribution in [0.5, 0.6) is 0 Å². The van der Waals surface area contributed by atoms with E-state index in [1.165, 1.54) is 0 Å². The lowest BCUT2D eigenvalue weighted by atomic mass is 9.95. The molecule has 0 aliphatic heterocycles. The molecule has 0 aliphatic rings. The number of carboxylic acids is 1. The van der Waals surface area contributed by atoms with Crippen molar-refractivity contribution in [3.05, 3.63) is 41.2 Å². The Kier molecular flexibility index (Phi) is 3.48. The van der Waals surface area contributed by atoms with Crippen molar-refractivity contribution in [3.8, 4) is 5.69 Å². The number of hydrogen-bond acceptors (Lipinski definition) is 3. The summed E-state index contributed by atoms with van der Waals surface area (Å²) in [6, 6.07) is 1.46. The first-order valence-electron chi connectivity index (χ1n) is 5.97. The van der Waals surface area contributed by atoms with Gasteiger partial charge in [-0.2, -0.15) is 0 Å². The van der Waals surface area contributed by atoms with Crippen molar-refractivity contribution in [3.63, 3.8) is 0 Å². The van der Waals surface area contributed by atoms with Gasteiger partial charge in [-0.25, -0.2) is 27.6 Å². The highest BCUT2D eigenvalue weighted by atomic mass is 19.2. The van der Waals surface area contributed by atoms with Crippen LogP contribution >= 0.6 is 0 Å². The number of aromatic nitrogens is 3. The zero-order chi connectivity index (χ0) is 15.9. The summed E-state index contributed by atoms with van der Waals surface area (Å²) in [6.07, 6.45) is 0.